The fourth-order valence-corrected chi connectivity index (χ4v) is 5.47. The zero-order chi connectivity index (χ0) is 22.1. The van der Waals surface area contributed by atoms with Crippen LogP contribution in [0.4, 0.5) is 11.5 Å². The molecule has 3 heterocycles. The summed E-state index contributed by atoms with van der Waals surface area (Å²) in [7, 11) is 0. The zero-order valence-corrected chi connectivity index (χ0v) is 19.5. The van der Waals surface area contributed by atoms with Gasteiger partial charge in [-0.3, -0.25) is 4.98 Å². The standard InChI is InChI=1S/C28H34N4/c1-4-5-20-6-8-21(9-7-20)22-10-12-23(13-11-22)25-15-14-24(17-29-25)27-31-26-18(2)16-19(3)30-28(26)32-27/h10-17,20-21,27,31H,4-9H2,1-3H3,(H,30,32). The monoisotopic (exact) mass is 426 g/mol. The summed E-state index contributed by atoms with van der Waals surface area (Å²) >= 11 is 0. The minimum absolute atomic E-state index is 0.00441. The molecule has 1 atom stereocenters. The first-order valence-corrected chi connectivity index (χ1v) is 12.2. The highest BCUT2D eigenvalue weighted by atomic mass is 15.2. The molecule has 2 aromatic heterocycles. The number of nitrogens with zero attached hydrogens (tertiary/aromatic N) is 2. The Balaban J connectivity index is 1.24. The van der Waals surface area contributed by atoms with Gasteiger partial charge in [0.2, 0.25) is 0 Å². The number of benzene rings is 1. The average Bonchev–Trinajstić information content (AvgIpc) is 3.25. The molecule has 0 saturated heterocycles. The molecule has 0 bridgehead atoms. The topological polar surface area (TPSA) is 49.8 Å². The molecule has 3 aromatic rings. The van der Waals surface area contributed by atoms with Crippen molar-refractivity contribution in [3.05, 3.63) is 71.0 Å². The minimum atomic E-state index is 0.00441. The molecule has 4 nitrogen and oxygen atoms in total. The Morgan fingerprint density at radius 3 is 2.34 bits per heavy atom. The minimum Gasteiger partial charge on any atom is -0.358 e. The highest BCUT2D eigenvalue weighted by Crippen LogP contribution is 2.38. The van der Waals surface area contributed by atoms with Gasteiger partial charge >= 0.3 is 0 Å². The van der Waals surface area contributed by atoms with Gasteiger partial charge in [0.25, 0.3) is 0 Å². The Morgan fingerprint density at radius 2 is 1.66 bits per heavy atom. The van der Waals surface area contributed by atoms with Gasteiger partial charge in [0.05, 0.1) is 11.4 Å². The third-order valence-corrected chi connectivity index (χ3v) is 7.26. The molecule has 1 aliphatic heterocycles. The second-order valence-corrected chi connectivity index (χ2v) is 9.63. The predicted octanol–water partition coefficient (Wildman–Crippen LogP) is 7.37. The van der Waals surface area contributed by atoms with E-state index in [4.69, 9.17) is 4.98 Å². The van der Waals surface area contributed by atoms with Crippen LogP contribution in [0.2, 0.25) is 0 Å². The van der Waals surface area contributed by atoms with Crippen LogP contribution in [0, 0.1) is 19.8 Å². The molecule has 32 heavy (non-hydrogen) atoms. The van der Waals surface area contributed by atoms with E-state index in [0.717, 1.165) is 40.3 Å². The third kappa shape index (κ3) is 4.23. The normalized spacial score (nSPS) is 22.2. The molecule has 1 aliphatic carbocycles. The smallest absolute Gasteiger partial charge is 0.151 e. The van der Waals surface area contributed by atoms with Gasteiger partial charge in [-0.05, 0) is 74.6 Å². The van der Waals surface area contributed by atoms with Gasteiger partial charge in [-0.15, -0.1) is 0 Å². The molecule has 2 N–H and O–H groups in total. The van der Waals surface area contributed by atoms with Crippen LogP contribution in [0.5, 0.6) is 0 Å². The number of anilines is 2. The van der Waals surface area contributed by atoms with E-state index in [1.807, 2.05) is 13.1 Å². The molecular formula is C28H34N4. The highest BCUT2D eigenvalue weighted by Gasteiger charge is 2.24. The first kappa shape index (κ1) is 21.0. The van der Waals surface area contributed by atoms with E-state index in [-0.39, 0.29) is 6.17 Å². The van der Waals surface area contributed by atoms with Crippen LogP contribution in [-0.4, -0.2) is 9.97 Å². The molecule has 1 aromatic carbocycles. The van der Waals surface area contributed by atoms with Crippen LogP contribution in [0.1, 0.15) is 79.9 Å². The van der Waals surface area contributed by atoms with E-state index < -0.39 is 0 Å². The second kappa shape index (κ2) is 8.93. The van der Waals surface area contributed by atoms with Crippen molar-refractivity contribution < 1.29 is 0 Å². The number of hydrogen-bond donors (Lipinski definition) is 2. The summed E-state index contributed by atoms with van der Waals surface area (Å²) in [5, 5.41) is 7.03. The number of hydrogen-bond acceptors (Lipinski definition) is 4. The number of aryl methyl sites for hydroxylation is 2. The van der Waals surface area contributed by atoms with Crippen molar-refractivity contribution in [1.29, 1.82) is 0 Å². The van der Waals surface area contributed by atoms with E-state index in [2.05, 4.69) is 71.9 Å². The van der Waals surface area contributed by atoms with Crippen LogP contribution >= 0.6 is 0 Å². The fraction of sp³-hybridized carbons (Fsp3) is 0.429. The van der Waals surface area contributed by atoms with Crippen molar-refractivity contribution >= 4 is 11.5 Å². The van der Waals surface area contributed by atoms with E-state index >= 15 is 0 Å². The number of fused-ring (bicyclic) bond motifs is 1. The summed E-state index contributed by atoms with van der Waals surface area (Å²) < 4.78 is 0. The fourth-order valence-electron chi connectivity index (χ4n) is 5.47. The van der Waals surface area contributed by atoms with Gasteiger partial charge in [-0.2, -0.15) is 0 Å². The van der Waals surface area contributed by atoms with E-state index in [1.165, 1.54) is 55.2 Å². The quantitative estimate of drug-likeness (QED) is 0.447. The number of aromatic nitrogens is 2. The van der Waals surface area contributed by atoms with Gasteiger partial charge in [0, 0.05) is 23.0 Å². The number of rotatable bonds is 5. The van der Waals surface area contributed by atoms with E-state index in [1.54, 1.807) is 0 Å². The van der Waals surface area contributed by atoms with Crippen molar-refractivity contribution in [2.24, 2.45) is 5.92 Å². The van der Waals surface area contributed by atoms with Crippen LogP contribution in [0.3, 0.4) is 0 Å². The second-order valence-electron chi connectivity index (χ2n) is 9.63. The molecule has 0 spiro atoms. The van der Waals surface area contributed by atoms with Crippen molar-refractivity contribution in [3.8, 4) is 11.3 Å². The van der Waals surface area contributed by atoms with Gasteiger partial charge < -0.3 is 10.6 Å². The summed E-state index contributed by atoms with van der Waals surface area (Å²) in [6.07, 6.45) is 10.2. The largest absolute Gasteiger partial charge is 0.358 e. The van der Waals surface area contributed by atoms with Crippen molar-refractivity contribution in [2.45, 2.75) is 71.4 Å². The molecule has 1 fully saturated rings. The molecule has 1 unspecified atom stereocenters. The lowest BCUT2D eigenvalue weighted by molar-refractivity contribution is 0.308. The van der Waals surface area contributed by atoms with E-state index in [9.17, 15) is 0 Å². The van der Waals surface area contributed by atoms with Gasteiger partial charge in [0.15, 0.2) is 5.82 Å². The maximum Gasteiger partial charge on any atom is 0.151 e. The number of nitrogens with one attached hydrogen (secondary N) is 2. The van der Waals surface area contributed by atoms with Crippen LogP contribution < -0.4 is 10.6 Å². The molecule has 5 rings (SSSR count). The van der Waals surface area contributed by atoms with Crippen LogP contribution in [-0.2, 0) is 0 Å². The summed E-state index contributed by atoms with van der Waals surface area (Å²) in [5.41, 5.74) is 8.15. The summed E-state index contributed by atoms with van der Waals surface area (Å²) in [6, 6.07) is 15.5. The Morgan fingerprint density at radius 1 is 0.906 bits per heavy atom. The Labute approximate surface area is 191 Å². The first-order valence-electron chi connectivity index (χ1n) is 12.2. The molecule has 0 radical (unpaired) electrons. The van der Waals surface area contributed by atoms with Crippen molar-refractivity contribution in [2.75, 3.05) is 10.6 Å². The van der Waals surface area contributed by atoms with Crippen molar-refractivity contribution in [1.82, 2.24) is 9.97 Å². The molecule has 166 valence electrons. The molecule has 0 amide bonds. The summed E-state index contributed by atoms with van der Waals surface area (Å²) in [6.45, 7) is 6.46. The average molecular weight is 427 g/mol. The SMILES string of the molecule is CCCC1CCC(c2ccc(-c3ccc(C4Nc5nc(C)cc(C)c5N4)cn3)cc2)CC1. The van der Waals surface area contributed by atoms with Gasteiger partial charge in [-0.25, -0.2) is 4.98 Å². The predicted molar refractivity (Wildman–Crippen MR) is 133 cm³/mol. The Kier molecular flexibility index (Phi) is 5.86. The molecule has 4 heteroatoms. The van der Waals surface area contributed by atoms with Gasteiger partial charge in [0.1, 0.15) is 6.17 Å². The maximum atomic E-state index is 4.77. The van der Waals surface area contributed by atoms with E-state index in [0.29, 0.717) is 0 Å². The van der Waals surface area contributed by atoms with Crippen LogP contribution in [0.25, 0.3) is 11.3 Å². The zero-order valence-electron chi connectivity index (χ0n) is 19.5. The lowest BCUT2D eigenvalue weighted by atomic mass is 9.77. The third-order valence-electron chi connectivity index (χ3n) is 7.26. The summed E-state index contributed by atoms with van der Waals surface area (Å²) in [5.74, 6) is 2.61. The maximum absolute atomic E-state index is 4.77. The first-order chi connectivity index (χ1) is 15.6. The summed E-state index contributed by atoms with van der Waals surface area (Å²) in [4.78, 5) is 9.39. The van der Waals surface area contributed by atoms with Crippen LogP contribution in [0.15, 0.2) is 48.7 Å². The molecule has 1 saturated carbocycles. The van der Waals surface area contributed by atoms with Crippen molar-refractivity contribution in [3.63, 3.8) is 0 Å². The highest BCUT2D eigenvalue weighted by molar-refractivity contribution is 5.75. The lowest BCUT2D eigenvalue weighted by Gasteiger charge is -2.28. The Bertz CT molecular complexity index is 1060. The lowest BCUT2D eigenvalue weighted by Crippen LogP contribution is -2.13. The molecule has 2 aliphatic rings. The molecular weight excluding hydrogens is 392 g/mol. The number of pyridine rings is 2. The Hall–Kier alpha value is -2.88. The van der Waals surface area contributed by atoms with Gasteiger partial charge in [-0.1, -0.05) is 50.1 Å².